The number of hydrogen-bond donors (Lipinski definition) is 0. The Balaban J connectivity index is 2.89. The van der Waals surface area contributed by atoms with Crippen LogP contribution < -0.4 is 0 Å². The molecule has 2 rings (SSSR count). The van der Waals surface area contributed by atoms with E-state index in [0.717, 1.165) is 10.9 Å². The lowest BCUT2D eigenvalue weighted by Crippen LogP contribution is -1.74. The van der Waals surface area contributed by atoms with Crippen molar-refractivity contribution in [2.45, 2.75) is 0 Å². The van der Waals surface area contributed by atoms with Gasteiger partial charge < -0.3 is 4.98 Å². The molecule has 0 bridgehead atoms. The fourth-order valence-corrected chi connectivity index (χ4v) is 0.953. The van der Waals surface area contributed by atoms with Gasteiger partial charge in [0, 0.05) is 0 Å². The molecule has 10 heavy (non-hydrogen) atoms. The molecule has 48 valence electrons. The maximum absolute atomic E-state index is 4.15. The van der Waals surface area contributed by atoms with Gasteiger partial charge in [-0.2, -0.15) is 0 Å². The summed E-state index contributed by atoms with van der Waals surface area (Å²) in [5.74, 6) is 0. The first-order valence-corrected chi connectivity index (χ1v) is 3.18. The lowest BCUT2D eigenvalue weighted by molar-refractivity contribution is 1.41. The van der Waals surface area contributed by atoms with Crippen LogP contribution in [0.1, 0.15) is 0 Å². The van der Waals surface area contributed by atoms with Crippen LogP contribution in [-0.2, 0) is 0 Å². The second-order valence-electron chi connectivity index (χ2n) is 2.11. The average molecular weight is 128 g/mol. The van der Waals surface area contributed by atoms with E-state index in [1.165, 1.54) is 0 Å². The van der Waals surface area contributed by atoms with Gasteiger partial charge in [0.25, 0.3) is 0 Å². The highest BCUT2D eigenvalue weighted by molar-refractivity contribution is 5.77. The fraction of sp³-hybridized carbons (Fsp3) is 0. The predicted molar refractivity (Wildman–Crippen MR) is 40.6 cm³/mol. The lowest BCUT2D eigenvalue weighted by Gasteiger charge is -2.00. The van der Waals surface area contributed by atoms with Gasteiger partial charge in [0.1, 0.15) is 0 Å². The fourth-order valence-electron chi connectivity index (χ4n) is 0.953. The number of fused-ring (bicyclic) bond motifs is 1. The summed E-state index contributed by atoms with van der Waals surface area (Å²) in [6, 6.07) is 12.9. The average Bonchev–Trinajstić information content (AvgIpc) is 2.05. The van der Waals surface area contributed by atoms with Gasteiger partial charge in [-0.15, -0.1) is 29.7 Å². The van der Waals surface area contributed by atoms with Gasteiger partial charge in [-0.05, 0) is 5.52 Å². The summed E-state index contributed by atoms with van der Waals surface area (Å²) in [6.07, 6.45) is 1.75. The number of para-hydroxylation sites is 1. The van der Waals surface area contributed by atoms with Crippen LogP contribution in [0.4, 0.5) is 0 Å². The van der Waals surface area contributed by atoms with E-state index in [1.54, 1.807) is 6.20 Å². The molecule has 0 atom stereocenters. The van der Waals surface area contributed by atoms with Crippen LogP contribution in [0, 0.1) is 6.07 Å². The van der Waals surface area contributed by atoms with Crippen molar-refractivity contribution in [3.8, 4) is 0 Å². The van der Waals surface area contributed by atoms with E-state index in [-0.39, 0.29) is 0 Å². The Labute approximate surface area is 59.3 Å². The lowest BCUT2D eigenvalue weighted by atomic mass is 10.2. The van der Waals surface area contributed by atoms with Gasteiger partial charge in [0.05, 0.1) is 0 Å². The van der Waals surface area contributed by atoms with Crippen molar-refractivity contribution in [2.75, 3.05) is 0 Å². The van der Waals surface area contributed by atoms with Crippen LogP contribution in [-0.4, -0.2) is 4.98 Å². The largest absolute Gasteiger partial charge is 0.352 e. The molecule has 0 unspecified atom stereocenters. The number of benzene rings is 1. The molecule has 2 aromatic rings. The van der Waals surface area contributed by atoms with Crippen LogP contribution in [0.3, 0.4) is 0 Å². The Bertz CT molecular complexity index is 276. The van der Waals surface area contributed by atoms with Crippen LogP contribution in [0.15, 0.2) is 36.5 Å². The highest BCUT2D eigenvalue weighted by atomic mass is 14.6. The quantitative estimate of drug-likeness (QED) is 0.495. The number of hydrogen-bond acceptors (Lipinski definition) is 1. The minimum atomic E-state index is 1.00. The molecular formula is C9H6N-. The van der Waals surface area contributed by atoms with Crippen molar-refractivity contribution in [1.29, 1.82) is 0 Å². The van der Waals surface area contributed by atoms with E-state index in [4.69, 9.17) is 0 Å². The summed E-state index contributed by atoms with van der Waals surface area (Å²) in [4.78, 5) is 4.15. The van der Waals surface area contributed by atoms with Crippen LogP contribution >= 0.6 is 0 Å². The maximum atomic E-state index is 4.15. The molecule has 0 fully saturated rings. The van der Waals surface area contributed by atoms with Gasteiger partial charge in [0.2, 0.25) is 0 Å². The van der Waals surface area contributed by atoms with Crippen molar-refractivity contribution in [3.63, 3.8) is 0 Å². The van der Waals surface area contributed by atoms with Crippen LogP contribution in [0.5, 0.6) is 0 Å². The molecule has 0 radical (unpaired) electrons. The third-order valence-electron chi connectivity index (χ3n) is 1.43. The number of nitrogens with zero attached hydrogens (tertiary/aromatic N) is 1. The monoisotopic (exact) mass is 128 g/mol. The van der Waals surface area contributed by atoms with Gasteiger partial charge in [0.15, 0.2) is 0 Å². The molecule has 1 aromatic carbocycles. The van der Waals surface area contributed by atoms with E-state index in [9.17, 15) is 0 Å². The minimum absolute atomic E-state index is 1.00. The van der Waals surface area contributed by atoms with Crippen molar-refractivity contribution < 1.29 is 0 Å². The molecular weight excluding hydrogens is 122 g/mol. The third-order valence-corrected chi connectivity index (χ3v) is 1.43. The first-order valence-electron chi connectivity index (χ1n) is 3.18. The number of rotatable bonds is 0. The van der Waals surface area contributed by atoms with Crippen molar-refractivity contribution in [3.05, 3.63) is 42.6 Å². The van der Waals surface area contributed by atoms with Gasteiger partial charge in [-0.1, -0.05) is 18.3 Å². The highest BCUT2D eigenvalue weighted by Gasteiger charge is 1.77. The molecule has 0 spiro atoms. The second kappa shape index (κ2) is 2.10. The Morgan fingerprint density at radius 3 is 3.00 bits per heavy atom. The smallest absolute Gasteiger partial charge is 0.0233 e. The minimum Gasteiger partial charge on any atom is -0.352 e. The van der Waals surface area contributed by atoms with Crippen LogP contribution in [0.25, 0.3) is 10.9 Å². The molecule has 0 N–H and O–H groups in total. The van der Waals surface area contributed by atoms with Crippen LogP contribution in [0.2, 0.25) is 0 Å². The Morgan fingerprint density at radius 2 is 2.10 bits per heavy atom. The first kappa shape index (κ1) is 5.42. The van der Waals surface area contributed by atoms with Gasteiger partial charge in [-0.3, -0.25) is 0 Å². The van der Waals surface area contributed by atoms with E-state index in [1.807, 2.05) is 30.3 Å². The third kappa shape index (κ3) is 0.760. The van der Waals surface area contributed by atoms with E-state index < -0.39 is 0 Å². The van der Waals surface area contributed by atoms with Crippen molar-refractivity contribution in [1.82, 2.24) is 4.98 Å². The number of aromatic nitrogens is 1. The summed E-state index contributed by atoms with van der Waals surface area (Å²) in [5, 5.41) is 1.07. The molecule has 1 nitrogen and oxygen atoms in total. The van der Waals surface area contributed by atoms with E-state index >= 15 is 0 Å². The Kier molecular flexibility index (Phi) is 1.14. The normalized spacial score (nSPS) is 10.0. The maximum Gasteiger partial charge on any atom is -0.0233 e. The topological polar surface area (TPSA) is 12.9 Å². The number of pyridine rings is 1. The molecule has 0 aliphatic heterocycles. The molecule has 1 heterocycles. The van der Waals surface area contributed by atoms with E-state index in [2.05, 4.69) is 11.1 Å². The summed E-state index contributed by atoms with van der Waals surface area (Å²) >= 11 is 0. The van der Waals surface area contributed by atoms with Gasteiger partial charge in [-0.25, -0.2) is 0 Å². The molecule has 0 saturated heterocycles. The summed E-state index contributed by atoms with van der Waals surface area (Å²) in [5.41, 5.74) is 1.00. The van der Waals surface area contributed by atoms with Crippen molar-refractivity contribution >= 4 is 10.9 Å². The zero-order chi connectivity index (χ0) is 6.81. The standard InChI is InChI=1S/C9H6N/c1-2-6-9-8(4-1)5-3-7-10-9/h1-4,6-7H/q-1. The molecule has 0 aliphatic carbocycles. The molecule has 0 amide bonds. The molecule has 1 aromatic heterocycles. The summed E-state index contributed by atoms with van der Waals surface area (Å²) in [6.45, 7) is 0. The molecule has 1 heteroatoms. The predicted octanol–water partition coefficient (Wildman–Crippen LogP) is 2.03. The first-order chi connectivity index (χ1) is 4.97. The van der Waals surface area contributed by atoms with Gasteiger partial charge >= 0.3 is 0 Å². The van der Waals surface area contributed by atoms with E-state index in [0.29, 0.717) is 0 Å². The molecule has 0 aliphatic rings. The second-order valence-corrected chi connectivity index (χ2v) is 2.11. The summed E-state index contributed by atoms with van der Waals surface area (Å²) in [7, 11) is 0. The summed E-state index contributed by atoms with van der Waals surface area (Å²) < 4.78 is 0. The molecule has 0 saturated carbocycles. The zero-order valence-corrected chi connectivity index (χ0v) is 5.41. The Morgan fingerprint density at radius 1 is 1.20 bits per heavy atom. The highest BCUT2D eigenvalue weighted by Crippen LogP contribution is 2.07. The SMILES string of the molecule is [c-]1ccnc2ccccc12. The Hall–Kier alpha value is -1.37. The van der Waals surface area contributed by atoms with Crippen molar-refractivity contribution in [2.24, 2.45) is 0 Å². The zero-order valence-electron chi connectivity index (χ0n) is 5.41.